The zero-order valence-electron chi connectivity index (χ0n) is 11.8. The Morgan fingerprint density at radius 1 is 1.14 bits per heavy atom. The quantitative estimate of drug-likeness (QED) is 0.598. The molecule has 0 saturated heterocycles. The van der Waals surface area contributed by atoms with Gasteiger partial charge in [0.1, 0.15) is 5.82 Å². The van der Waals surface area contributed by atoms with Gasteiger partial charge < -0.3 is 5.73 Å². The van der Waals surface area contributed by atoms with Crippen LogP contribution < -0.4 is 11.1 Å². The third-order valence-corrected chi connectivity index (χ3v) is 3.13. The highest BCUT2D eigenvalue weighted by molar-refractivity contribution is 5.98. The number of hydrogen-bond donors (Lipinski definition) is 3. The first kappa shape index (κ1) is 17.7. The maximum atomic E-state index is 13.0. The molecule has 2 aromatic rings. The first-order valence-electron chi connectivity index (χ1n) is 6.50. The molecule has 1 atom stereocenters. The van der Waals surface area contributed by atoms with E-state index in [9.17, 15) is 9.18 Å². The molecule has 0 heterocycles. The van der Waals surface area contributed by atoms with E-state index in [0.717, 1.165) is 5.56 Å². The molecule has 1 amide bonds. The van der Waals surface area contributed by atoms with E-state index >= 15 is 0 Å². The molecule has 0 saturated carbocycles. The van der Waals surface area contributed by atoms with Gasteiger partial charge in [0.25, 0.3) is 0 Å². The van der Waals surface area contributed by atoms with Gasteiger partial charge in [-0.25, -0.2) is 4.39 Å². The van der Waals surface area contributed by atoms with Crippen molar-refractivity contribution in [2.75, 3.05) is 0 Å². The second-order valence-electron chi connectivity index (χ2n) is 4.70. The Morgan fingerprint density at radius 2 is 1.73 bits per heavy atom. The molecule has 6 heteroatoms. The predicted molar refractivity (Wildman–Crippen MR) is 86.6 cm³/mol. The minimum absolute atomic E-state index is 0. The molecule has 0 bridgehead atoms. The van der Waals surface area contributed by atoms with Crippen LogP contribution in [-0.2, 0) is 11.2 Å². The molecule has 2 aromatic carbocycles. The number of rotatable bonds is 4. The monoisotopic (exact) mass is 321 g/mol. The number of nitrogens with one attached hydrogen (secondary N) is 2. The zero-order chi connectivity index (χ0) is 15.2. The SMILES string of the molecule is Cl.N=C(N)NC(=O)[C@H](Cc1ccccc1)c1ccc(F)cc1. The van der Waals surface area contributed by atoms with E-state index in [4.69, 9.17) is 11.1 Å². The third kappa shape index (κ3) is 4.86. The number of amides is 1. The van der Waals surface area contributed by atoms with Crippen molar-refractivity contribution in [2.24, 2.45) is 5.73 Å². The summed E-state index contributed by atoms with van der Waals surface area (Å²) >= 11 is 0. The van der Waals surface area contributed by atoms with Crippen LogP contribution in [0.4, 0.5) is 4.39 Å². The maximum Gasteiger partial charge on any atom is 0.234 e. The summed E-state index contributed by atoms with van der Waals surface area (Å²) in [6, 6.07) is 15.3. The van der Waals surface area contributed by atoms with Gasteiger partial charge in [-0.15, -0.1) is 12.4 Å². The van der Waals surface area contributed by atoms with Gasteiger partial charge in [0, 0.05) is 0 Å². The summed E-state index contributed by atoms with van der Waals surface area (Å²) in [6.07, 6.45) is 0.450. The van der Waals surface area contributed by atoms with Crippen LogP contribution in [0.5, 0.6) is 0 Å². The zero-order valence-corrected chi connectivity index (χ0v) is 12.6. The van der Waals surface area contributed by atoms with E-state index in [2.05, 4.69) is 5.32 Å². The molecule has 0 aliphatic carbocycles. The highest BCUT2D eigenvalue weighted by Crippen LogP contribution is 2.21. The smallest absolute Gasteiger partial charge is 0.234 e. The van der Waals surface area contributed by atoms with E-state index in [0.29, 0.717) is 12.0 Å². The number of carbonyl (C=O) groups is 1. The highest BCUT2D eigenvalue weighted by atomic mass is 35.5. The van der Waals surface area contributed by atoms with Gasteiger partial charge in [0.15, 0.2) is 5.96 Å². The first-order chi connectivity index (χ1) is 10.1. The summed E-state index contributed by atoms with van der Waals surface area (Å²) in [6.45, 7) is 0. The molecular weight excluding hydrogens is 305 g/mol. The van der Waals surface area contributed by atoms with Crippen molar-refractivity contribution in [2.45, 2.75) is 12.3 Å². The topological polar surface area (TPSA) is 79.0 Å². The minimum Gasteiger partial charge on any atom is -0.370 e. The van der Waals surface area contributed by atoms with Crippen LogP contribution >= 0.6 is 12.4 Å². The molecule has 0 aromatic heterocycles. The van der Waals surface area contributed by atoms with Gasteiger partial charge >= 0.3 is 0 Å². The molecule has 4 nitrogen and oxygen atoms in total. The Labute approximate surface area is 134 Å². The molecule has 4 N–H and O–H groups in total. The van der Waals surface area contributed by atoms with Crippen LogP contribution in [0.1, 0.15) is 17.0 Å². The molecule has 0 radical (unpaired) electrons. The van der Waals surface area contributed by atoms with Gasteiger partial charge in [-0.1, -0.05) is 42.5 Å². The largest absolute Gasteiger partial charge is 0.370 e. The van der Waals surface area contributed by atoms with Crippen molar-refractivity contribution in [1.29, 1.82) is 5.41 Å². The molecule has 116 valence electrons. The van der Waals surface area contributed by atoms with Crippen LogP contribution in [0.15, 0.2) is 54.6 Å². The van der Waals surface area contributed by atoms with E-state index < -0.39 is 11.9 Å². The summed E-state index contributed by atoms with van der Waals surface area (Å²) in [5.41, 5.74) is 6.88. The van der Waals surface area contributed by atoms with Crippen molar-refractivity contribution >= 4 is 24.3 Å². The summed E-state index contributed by atoms with van der Waals surface area (Å²) in [5.74, 6) is -1.67. The predicted octanol–water partition coefficient (Wildman–Crippen LogP) is 2.58. The van der Waals surface area contributed by atoms with E-state index in [-0.39, 0.29) is 24.1 Å². The van der Waals surface area contributed by atoms with Crippen LogP contribution in [0, 0.1) is 11.2 Å². The number of carbonyl (C=O) groups excluding carboxylic acids is 1. The van der Waals surface area contributed by atoms with Gasteiger partial charge in [0.2, 0.25) is 5.91 Å². The highest BCUT2D eigenvalue weighted by Gasteiger charge is 2.21. The minimum atomic E-state index is -0.531. The Hall–Kier alpha value is -2.40. The number of guanidine groups is 1. The lowest BCUT2D eigenvalue weighted by Crippen LogP contribution is -2.39. The Balaban J connectivity index is 0.00000242. The van der Waals surface area contributed by atoms with Crippen LogP contribution in [0.2, 0.25) is 0 Å². The Kier molecular flexibility index (Phi) is 6.53. The van der Waals surface area contributed by atoms with Crippen LogP contribution in [0.25, 0.3) is 0 Å². The second-order valence-corrected chi connectivity index (χ2v) is 4.70. The van der Waals surface area contributed by atoms with Crippen molar-refractivity contribution in [3.63, 3.8) is 0 Å². The fraction of sp³-hybridized carbons (Fsp3) is 0.125. The van der Waals surface area contributed by atoms with Gasteiger partial charge in [-0.05, 0) is 29.7 Å². The Morgan fingerprint density at radius 3 is 2.27 bits per heavy atom. The molecule has 0 unspecified atom stereocenters. The van der Waals surface area contributed by atoms with Crippen LogP contribution in [-0.4, -0.2) is 11.9 Å². The van der Waals surface area contributed by atoms with Gasteiger partial charge in [0.05, 0.1) is 5.92 Å². The van der Waals surface area contributed by atoms with Gasteiger partial charge in [-0.3, -0.25) is 15.5 Å². The fourth-order valence-corrected chi connectivity index (χ4v) is 2.13. The van der Waals surface area contributed by atoms with E-state index in [1.54, 1.807) is 12.1 Å². The first-order valence-corrected chi connectivity index (χ1v) is 6.50. The molecular formula is C16H17ClFN3O. The second kappa shape index (κ2) is 8.14. The molecule has 22 heavy (non-hydrogen) atoms. The summed E-state index contributed by atoms with van der Waals surface area (Å²) in [4.78, 5) is 12.2. The molecule has 0 aliphatic heterocycles. The average molecular weight is 322 g/mol. The van der Waals surface area contributed by atoms with Crippen LogP contribution in [0.3, 0.4) is 0 Å². The summed E-state index contributed by atoms with van der Waals surface area (Å²) < 4.78 is 13.0. The number of halogens is 2. The molecule has 0 spiro atoms. The number of benzene rings is 2. The Bertz CT molecular complexity index is 632. The molecule has 0 fully saturated rings. The van der Waals surface area contributed by atoms with Gasteiger partial charge in [-0.2, -0.15) is 0 Å². The fourth-order valence-electron chi connectivity index (χ4n) is 2.13. The molecule has 0 aliphatic rings. The lowest BCUT2D eigenvalue weighted by atomic mass is 9.91. The maximum absolute atomic E-state index is 13.0. The molecule has 2 rings (SSSR count). The standard InChI is InChI=1S/C16H16FN3O.ClH/c17-13-8-6-12(7-9-13)14(15(21)20-16(18)19)10-11-4-2-1-3-5-11;/h1-9,14H,10H2,(H4,18,19,20,21);1H/t14-;/m1./s1. The van der Waals surface area contributed by atoms with E-state index in [1.807, 2.05) is 30.3 Å². The summed E-state index contributed by atoms with van der Waals surface area (Å²) in [5, 5.41) is 9.48. The summed E-state index contributed by atoms with van der Waals surface area (Å²) in [7, 11) is 0. The van der Waals surface area contributed by atoms with Crippen molar-refractivity contribution in [3.05, 3.63) is 71.5 Å². The lowest BCUT2D eigenvalue weighted by Gasteiger charge is -2.17. The van der Waals surface area contributed by atoms with Crippen molar-refractivity contribution < 1.29 is 9.18 Å². The van der Waals surface area contributed by atoms with Crippen molar-refractivity contribution in [3.8, 4) is 0 Å². The third-order valence-electron chi connectivity index (χ3n) is 3.13. The number of nitrogens with two attached hydrogens (primary N) is 1. The number of hydrogen-bond acceptors (Lipinski definition) is 2. The normalized spacial score (nSPS) is 11.1. The average Bonchev–Trinajstić information content (AvgIpc) is 2.46. The van der Waals surface area contributed by atoms with Crippen molar-refractivity contribution in [1.82, 2.24) is 5.32 Å². The van der Waals surface area contributed by atoms with E-state index in [1.165, 1.54) is 12.1 Å². The lowest BCUT2D eigenvalue weighted by molar-refractivity contribution is -0.121.